The van der Waals surface area contributed by atoms with Crippen LogP contribution in [0.3, 0.4) is 0 Å². The molecule has 1 aliphatic heterocycles. The summed E-state index contributed by atoms with van der Waals surface area (Å²) in [7, 11) is 0. The van der Waals surface area contributed by atoms with Crippen LogP contribution < -0.4 is 5.73 Å². The molecule has 0 aromatic heterocycles. The fourth-order valence-electron chi connectivity index (χ4n) is 6.08. The van der Waals surface area contributed by atoms with Gasteiger partial charge in [0.25, 0.3) is 0 Å². The van der Waals surface area contributed by atoms with Gasteiger partial charge in [0.1, 0.15) is 12.2 Å². The Morgan fingerprint density at radius 1 is 0.585 bits per heavy atom. The zero-order valence-electron chi connectivity index (χ0n) is 23.6. The van der Waals surface area contributed by atoms with Crippen molar-refractivity contribution in [2.75, 3.05) is 6.61 Å². The first kappa shape index (κ1) is 27.8. The number of hydrogen-bond donors (Lipinski definition) is 1. The van der Waals surface area contributed by atoms with Crippen LogP contribution >= 0.6 is 0 Å². The highest BCUT2D eigenvalue weighted by Gasteiger charge is 2.61. The summed E-state index contributed by atoms with van der Waals surface area (Å²) in [6, 6.07) is 41.7. The van der Waals surface area contributed by atoms with Gasteiger partial charge in [-0.25, -0.2) is 0 Å². The summed E-state index contributed by atoms with van der Waals surface area (Å²) in [6.07, 6.45) is 1.57. The molecule has 2 N–H and O–H groups in total. The standard InChI is InChI=1S/C36H40N2O3/c37-36(21-22-36)35-34(41-26-31-19-11-4-12-20-31)33(40-25-30-17-9-3-10-18-30)32(27-39-24-29-15-7-2-8-16-29)38(35)23-28-13-5-1-6-14-28/h1-20,32-35H,21-27,37H2/t32-,33+,34-,35+/m0/s1. The fraction of sp³-hybridized carbons (Fsp3) is 0.333. The maximum absolute atomic E-state index is 7.09. The minimum absolute atomic E-state index is 0.0116. The summed E-state index contributed by atoms with van der Waals surface area (Å²) >= 11 is 0. The maximum Gasteiger partial charge on any atom is 0.103 e. The topological polar surface area (TPSA) is 57.0 Å². The van der Waals surface area contributed by atoms with Gasteiger partial charge >= 0.3 is 0 Å². The van der Waals surface area contributed by atoms with E-state index in [4.69, 9.17) is 19.9 Å². The van der Waals surface area contributed by atoms with Gasteiger partial charge in [-0.15, -0.1) is 0 Å². The molecule has 4 aromatic carbocycles. The molecule has 4 atom stereocenters. The molecule has 5 nitrogen and oxygen atoms in total. The molecule has 212 valence electrons. The van der Waals surface area contributed by atoms with E-state index in [0.29, 0.717) is 26.4 Å². The minimum Gasteiger partial charge on any atom is -0.375 e. The van der Waals surface area contributed by atoms with Crippen LogP contribution in [0.25, 0.3) is 0 Å². The first-order chi connectivity index (χ1) is 20.2. The molecule has 6 rings (SSSR count). The molecule has 0 unspecified atom stereocenters. The highest BCUT2D eigenvalue weighted by molar-refractivity contribution is 5.23. The third-order valence-corrected chi connectivity index (χ3v) is 8.39. The summed E-state index contributed by atoms with van der Waals surface area (Å²) in [5.41, 5.74) is 11.5. The molecule has 0 spiro atoms. The molecule has 2 aliphatic rings. The van der Waals surface area contributed by atoms with Crippen molar-refractivity contribution in [2.24, 2.45) is 5.73 Å². The monoisotopic (exact) mass is 548 g/mol. The summed E-state index contributed by atoms with van der Waals surface area (Å²) in [6.45, 7) is 2.87. The quantitative estimate of drug-likeness (QED) is 0.218. The van der Waals surface area contributed by atoms with Crippen LogP contribution in [0, 0.1) is 0 Å². The summed E-state index contributed by atoms with van der Waals surface area (Å²) in [5.74, 6) is 0. The van der Waals surface area contributed by atoms with E-state index < -0.39 is 0 Å². The van der Waals surface area contributed by atoms with Crippen LogP contribution in [0.15, 0.2) is 121 Å². The lowest BCUT2D eigenvalue weighted by atomic mass is 9.99. The molecule has 1 aliphatic carbocycles. The van der Waals surface area contributed by atoms with E-state index in [1.54, 1.807) is 0 Å². The van der Waals surface area contributed by atoms with Crippen molar-refractivity contribution in [1.29, 1.82) is 0 Å². The Hall–Kier alpha value is -3.32. The Bertz CT molecular complexity index is 1330. The van der Waals surface area contributed by atoms with E-state index in [-0.39, 0.29) is 29.8 Å². The Morgan fingerprint density at radius 2 is 1.02 bits per heavy atom. The number of ether oxygens (including phenoxy) is 3. The molecule has 0 amide bonds. The number of likely N-dealkylation sites (tertiary alicyclic amines) is 1. The van der Waals surface area contributed by atoms with E-state index >= 15 is 0 Å². The molecule has 2 fully saturated rings. The fourth-order valence-corrected chi connectivity index (χ4v) is 6.08. The first-order valence-electron chi connectivity index (χ1n) is 14.7. The number of nitrogens with two attached hydrogens (primary N) is 1. The SMILES string of the molecule is NC1([C@H]2[C@@H](OCc3ccccc3)[C@H](OCc3ccccc3)[C@H](COCc3ccccc3)N2Cc2ccccc2)CC1. The Kier molecular flexibility index (Phi) is 8.90. The summed E-state index contributed by atoms with van der Waals surface area (Å²) in [4.78, 5) is 2.53. The number of rotatable bonds is 13. The molecule has 0 radical (unpaired) electrons. The first-order valence-corrected chi connectivity index (χ1v) is 14.7. The van der Waals surface area contributed by atoms with Crippen LogP contribution in [-0.2, 0) is 40.6 Å². The number of nitrogens with zero attached hydrogens (tertiary/aromatic N) is 1. The van der Waals surface area contributed by atoms with Crippen molar-refractivity contribution in [3.63, 3.8) is 0 Å². The lowest BCUT2D eigenvalue weighted by Crippen LogP contribution is -2.53. The molecule has 1 heterocycles. The van der Waals surface area contributed by atoms with Gasteiger partial charge in [-0.05, 0) is 35.1 Å². The zero-order valence-corrected chi connectivity index (χ0v) is 23.6. The molecule has 4 aromatic rings. The van der Waals surface area contributed by atoms with E-state index in [1.165, 1.54) is 5.56 Å². The van der Waals surface area contributed by atoms with Crippen LogP contribution in [0.5, 0.6) is 0 Å². The molecule has 41 heavy (non-hydrogen) atoms. The second-order valence-corrected chi connectivity index (χ2v) is 11.4. The van der Waals surface area contributed by atoms with Crippen molar-refractivity contribution in [2.45, 2.75) is 69.0 Å². The van der Waals surface area contributed by atoms with Gasteiger partial charge in [-0.3, -0.25) is 4.90 Å². The highest BCUT2D eigenvalue weighted by Crippen LogP contribution is 2.47. The van der Waals surface area contributed by atoms with Gasteiger partial charge in [-0.2, -0.15) is 0 Å². The molecular formula is C36H40N2O3. The third kappa shape index (κ3) is 6.95. The molecule has 5 heteroatoms. The lowest BCUT2D eigenvalue weighted by molar-refractivity contribution is -0.0882. The Balaban J connectivity index is 1.31. The summed E-state index contributed by atoms with van der Waals surface area (Å²) < 4.78 is 20.1. The molecule has 1 saturated carbocycles. The zero-order chi connectivity index (χ0) is 27.9. The van der Waals surface area contributed by atoms with Crippen LogP contribution in [0.4, 0.5) is 0 Å². The van der Waals surface area contributed by atoms with Gasteiger partial charge < -0.3 is 19.9 Å². The van der Waals surface area contributed by atoms with Crippen molar-refractivity contribution in [3.05, 3.63) is 144 Å². The Morgan fingerprint density at radius 3 is 1.51 bits per heavy atom. The number of hydrogen-bond acceptors (Lipinski definition) is 5. The van der Waals surface area contributed by atoms with Gasteiger partial charge in [0.05, 0.1) is 38.5 Å². The van der Waals surface area contributed by atoms with E-state index in [9.17, 15) is 0 Å². The molecule has 1 saturated heterocycles. The number of benzene rings is 4. The van der Waals surface area contributed by atoms with Gasteiger partial charge in [0, 0.05) is 12.1 Å². The van der Waals surface area contributed by atoms with Gasteiger partial charge in [-0.1, -0.05) is 121 Å². The third-order valence-electron chi connectivity index (χ3n) is 8.39. The Labute approximate surface area is 243 Å². The van der Waals surface area contributed by atoms with Crippen molar-refractivity contribution in [1.82, 2.24) is 4.90 Å². The molecular weight excluding hydrogens is 508 g/mol. The largest absolute Gasteiger partial charge is 0.375 e. The van der Waals surface area contributed by atoms with Gasteiger partial charge in [0.2, 0.25) is 0 Å². The average Bonchev–Trinajstić information content (AvgIpc) is 3.70. The van der Waals surface area contributed by atoms with Gasteiger partial charge in [0.15, 0.2) is 0 Å². The normalized spacial score (nSPS) is 23.4. The second kappa shape index (κ2) is 13.1. The van der Waals surface area contributed by atoms with Crippen molar-refractivity contribution >= 4 is 0 Å². The van der Waals surface area contributed by atoms with Crippen LogP contribution in [-0.4, -0.2) is 41.3 Å². The average molecular weight is 549 g/mol. The van der Waals surface area contributed by atoms with Crippen LogP contribution in [0.2, 0.25) is 0 Å². The maximum atomic E-state index is 7.09. The van der Waals surface area contributed by atoms with Crippen molar-refractivity contribution in [3.8, 4) is 0 Å². The van der Waals surface area contributed by atoms with E-state index in [1.807, 2.05) is 18.2 Å². The summed E-state index contributed by atoms with van der Waals surface area (Å²) in [5, 5.41) is 0. The van der Waals surface area contributed by atoms with E-state index in [0.717, 1.165) is 36.1 Å². The smallest absolute Gasteiger partial charge is 0.103 e. The minimum atomic E-state index is -0.307. The second-order valence-electron chi connectivity index (χ2n) is 11.4. The predicted molar refractivity (Wildman–Crippen MR) is 162 cm³/mol. The van der Waals surface area contributed by atoms with Crippen molar-refractivity contribution < 1.29 is 14.2 Å². The lowest BCUT2D eigenvalue weighted by Gasteiger charge is -2.35. The highest BCUT2D eigenvalue weighted by atomic mass is 16.5. The molecule has 0 bridgehead atoms. The predicted octanol–water partition coefficient (Wildman–Crippen LogP) is 6.12. The van der Waals surface area contributed by atoms with E-state index in [2.05, 4.69) is 108 Å². The van der Waals surface area contributed by atoms with Crippen LogP contribution in [0.1, 0.15) is 35.1 Å².